The lowest BCUT2D eigenvalue weighted by atomic mass is 9.58. The smallest absolute Gasteiger partial charge is 0.198 e. The van der Waals surface area contributed by atoms with Crippen LogP contribution in [0.1, 0.15) is 130 Å². The minimum Gasteiger partial charge on any atom is -0.455 e. The monoisotopic (exact) mass is 891 g/mol. The summed E-state index contributed by atoms with van der Waals surface area (Å²) in [7, 11) is 2.52. The van der Waals surface area contributed by atoms with E-state index in [9.17, 15) is 0 Å². The normalized spacial score (nSPS) is 17.8. The standard InChI is InChI=1S/C62H60BN2OS/c1-58(2,3)34-20-22-35(23-21-34)64-46-31-43-41(59(4,5)24-26-61(43,8)9)28-39(46)54-55-56-52(53-37-17-12-14-18-49(37)66-57(53)54)40-29-42-44(62(10,11)27-25-60(42,6)7)32-47(40)65(56)48-30-38-36-16-13-15-19-50(36)67-51(38)33-45(48)63-55/h12-23,28-33,64H,24-27H2,1-11H3. The van der Waals surface area contributed by atoms with Crippen molar-refractivity contribution in [1.82, 2.24) is 4.57 Å². The summed E-state index contributed by atoms with van der Waals surface area (Å²) in [6, 6.07) is 42.1. The first-order chi connectivity index (χ1) is 31.8. The van der Waals surface area contributed by atoms with E-state index in [4.69, 9.17) is 4.42 Å². The Balaban J connectivity index is 1.22. The van der Waals surface area contributed by atoms with Crippen molar-refractivity contribution in [3.05, 3.63) is 137 Å². The van der Waals surface area contributed by atoms with Gasteiger partial charge >= 0.3 is 0 Å². The Morgan fingerprint density at radius 3 is 1.90 bits per heavy atom. The highest BCUT2D eigenvalue weighted by Crippen LogP contribution is 2.54. The van der Waals surface area contributed by atoms with Crippen LogP contribution in [0.25, 0.3) is 80.7 Å². The van der Waals surface area contributed by atoms with Crippen LogP contribution in [0.4, 0.5) is 11.4 Å². The molecule has 0 bridgehead atoms. The average molecular weight is 892 g/mol. The highest BCUT2D eigenvalue weighted by molar-refractivity contribution is 7.26. The van der Waals surface area contributed by atoms with Crippen LogP contribution in [0.3, 0.4) is 0 Å². The molecule has 3 nitrogen and oxygen atoms in total. The number of fused-ring (bicyclic) bond motifs is 14. The molecule has 10 aromatic rings. The SMILES string of the molecule is CC(C)(C)c1ccc(Nc2cc3c(cc2-c2c4c5c(c6cc7c(cc6n5-c5cc6c(cc5[B]4)sc4ccccc46)C(C)(C)CCC7(C)C)c4c2oc2ccccc24)C(C)(C)CCC3(C)C)cc1. The predicted octanol–water partition coefficient (Wildman–Crippen LogP) is 16.4. The minimum atomic E-state index is -0.00249. The van der Waals surface area contributed by atoms with Gasteiger partial charge in [0.2, 0.25) is 0 Å². The molecule has 0 atom stereocenters. The van der Waals surface area contributed by atoms with Gasteiger partial charge in [0.1, 0.15) is 11.2 Å². The molecule has 3 aromatic heterocycles. The van der Waals surface area contributed by atoms with Crippen LogP contribution in [0.5, 0.6) is 0 Å². The third kappa shape index (κ3) is 5.89. The zero-order valence-corrected chi connectivity index (χ0v) is 41.9. The fraction of sp³-hybridized carbons (Fsp3) is 0.323. The molecule has 7 aromatic carbocycles. The molecule has 4 heterocycles. The Kier molecular flexibility index (Phi) is 8.33. The fourth-order valence-corrected chi connectivity index (χ4v) is 13.7. The Morgan fingerprint density at radius 2 is 1.21 bits per heavy atom. The van der Waals surface area contributed by atoms with Gasteiger partial charge in [-0.1, -0.05) is 130 Å². The van der Waals surface area contributed by atoms with Crippen molar-refractivity contribution >= 4 is 105 Å². The predicted molar refractivity (Wildman–Crippen MR) is 290 cm³/mol. The molecule has 5 heteroatoms. The van der Waals surface area contributed by atoms with Crippen molar-refractivity contribution < 1.29 is 4.42 Å². The van der Waals surface area contributed by atoms with E-state index in [1.165, 1.54) is 103 Å². The Morgan fingerprint density at radius 1 is 0.597 bits per heavy atom. The minimum absolute atomic E-state index is 0.00249. The molecular weight excluding hydrogens is 832 g/mol. The average Bonchev–Trinajstić information content (AvgIpc) is 3.96. The lowest BCUT2D eigenvalue weighted by Crippen LogP contribution is -2.38. The number of nitrogens with zero attached hydrogens (tertiary/aromatic N) is 1. The number of anilines is 2. The van der Waals surface area contributed by atoms with Crippen molar-refractivity contribution in [1.29, 1.82) is 0 Å². The first-order valence-corrected chi connectivity index (χ1v) is 25.5. The molecule has 13 rings (SSSR count). The summed E-state index contributed by atoms with van der Waals surface area (Å²) in [4.78, 5) is 0. The molecule has 1 aliphatic heterocycles. The summed E-state index contributed by atoms with van der Waals surface area (Å²) < 4.78 is 12.7. The molecule has 0 amide bonds. The van der Waals surface area contributed by atoms with Crippen molar-refractivity contribution in [3.63, 3.8) is 0 Å². The zero-order chi connectivity index (χ0) is 46.3. The summed E-state index contributed by atoms with van der Waals surface area (Å²) in [5.41, 5.74) is 20.0. The molecule has 333 valence electrons. The maximum absolute atomic E-state index is 7.40. The van der Waals surface area contributed by atoms with Gasteiger partial charge in [-0.25, -0.2) is 0 Å². The molecule has 0 saturated heterocycles. The van der Waals surface area contributed by atoms with E-state index >= 15 is 0 Å². The summed E-state index contributed by atoms with van der Waals surface area (Å²) in [6.07, 6.45) is 4.61. The fourth-order valence-electron chi connectivity index (χ4n) is 12.6. The van der Waals surface area contributed by atoms with Gasteiger partial charge in [0.05, 0.1) is 5.52 Å². The number of hydrogen-bond acceptors (Lipinski definition) is 3. The second-order valence-corrected chi connectivity index (χ2v) is 25.2. The number of para-hydroxylation sites is 1. The van der Waals surface area contributed by atoms with Gasteiger partial charge in [-0.3, -0.25) is 0 Å². The molecule has 0 saturated carbocycles. The van der Waals surface area contributed by atoms with Gasteiger partial charge in [0.15, 0.2) is 7.28 Å². The van der Waals surface area contributed by atoms with E-state index in [0.717, 1.165) is 53.8 Å². The molecule has 1 N–H and O–H groups in total. The van der Waals surface area contributed by atoms with Gasteiger partial charge in [-0.05, 0) is 147 Å². The molecule has 0 unspecified atom stereocenters. The number of nitrogens with one attached hydrogen (secondary N) is 1. The second-order valence-electron chi connectivity index (χ2n) is 24.1. The van der Waals surface area contributed by atoms with E-state index in [-0.39, 0.29) is 27.1 Å². The van der Waals surface area contributed by atoms with Crippen molar-refractivity contribution in [2.75, 3.05) is 5.32 Å². The summed E-state index contributed by atoms with van der Waals surface area (Å²) >= 11 is 1.90. The molecular formula is C62H60BN2OS. The van der Waals surface area contributed by atoms with Crippen molar-refractivity contribution in [2.24, 2.45) is 0 Å². The van der Waals surface area contributed by atoms with Crippen LogP contribution >= 0.6 is 11.3 Å². The van der Waals surface area contributed by atoms with Crippen LogP contribution in [0.15, 0.2) is 114 Å². The number of aromatic nitrogens is 1. The first kappa shape index (κ1) is 41.4. The highest BCUT2D eigenvalue weighted by Gasteiger charge is 2.41. The van der Waals surface area contributed by atoms with E-state index in [1.54, 1.807) is 0 Å². The number of rotatable bonds is 3. The van der Waals surface area contributed by atoms with Crippen LogP contribution in [-0.4, -0.2) is 11.8 Å². The topological polar surface area (TPSA) is 30.1 Å². The molecule has 2 aliphatic carbocycles. The maximum atomic E-state index is 7.40. The van der Waals surface area contributed by atoms with Crippen LogP contribution < -0.4 is 16.2 Å². The van der Waals surface area contributed by atoms with Gasteiger partial charge in [-0.15, -0.1) is 11.3 Å². The van der Waals surface area contributed by atoms with E-state index in [2.05, 4.69) is 203 Å². The Bertz CT molecular complexity index is 3790. The third-order valence-corrected chi connectivity index (χ3v) is 18.0. The molecule has 67 heavy (non-hydrogen) atoms. The van der Waals surface area contributed by atoms with E-state index in [0.29, 0.717) is 0 Å². The maximum Gasteiger partial charge on any atom is 0.198 e. The van der Waals surface area contributed by atoms with Gasteiger partial charge in [0.25, 0.3) is 0 Å². The van der Waals surface area contributed by atoms with Crippen molar-refractivity contribution in [2.45, 2.75) is 129 Å². The number of hydrogen-bond donors (Lipinski definition) is 1. The van der Waals surface area contributed by atoms with Crippen LogP contribution in [-0.2, 0) is 27.1 Å². The highest BCUT2D eigenvalue weighted by atomic mass is 32.1. The quantitative estimate of drug-likeness (QED) is 0.179. The van der Waals surface area contributed by atoms with Gasteiger partial charge in [0, 0.05) is 75.4 Å². The lowest BCUT2D eigenvalue weighted by Gasteiger charge is -2.42. The first-order valence-electron chi connectivity index (χ1n) is 24.7. The summed E-state index contributed by atoms with van der Waals surface area (Å²) in [6.45, 7) is 26.5. The van der Waals surface area contributed by atoms with Crippen LogP contribution in [0, 0.1) is 0 Å². The van der Waals surface area contributed by atoms with E-state index < -0.39 is 0 Å². The number of benzene rings is 7. The third-order valence-electron chi connectivity index (χ3n) is 16.9. The second kappa shape index (κ2) is 13.5. The number of thiophene rings is 1. The van der Waals surface area contributed by atoms with Crippen LogP contribution in [0.2, 0.25) is 0 Å². The lowest BCUT2D eigenvalue weighted by molar-refractivity contribution is 0.332. The number of furan rings is 1. The molecule has 3 aliphatic rings. The molecule has 0 spiro atoms. The zero-order valence-electron chi connectivity index (χ0n) is 41.1. The summed E-state index contributed by atoms with van der Waals surface area (Å²) in [5, 5.41) is 11.7. The van der Waals surface area contributed by atoms with E-state index in [1.807, 2.05) is 11.3 Å². The van der Waals surface area contributed by atoms with Gasteiger partial charge < -0.3 is 14.3 Å². The Labute approximate surface area is 399 Å². The van der Waals surface area contributed by atoms with Crippen molar-refractivity contribution in [3.8, 4) is 16.8 Å². The molecule has 1 radical (unpaired) electrons. The van der Waals surface area contributed by atoms with Gasteiger partial charge in [-0.2, -0.15) is 0 Å². The molecule has 0 fully saturated rings. The Hall–Kier alpha value is -5.78. The largest absolute Gasteiger partial charge is 0.455 e. The summed E-state index contributed by atoms with van der Waals surface area (Å²) in [5.74, 6) is 0.